The van der Waals surface area contributed by atoms with Crippen LogP contribution in [0.4, 0.5) is 13.2 Å². The molecule has 9 heteroatoms. The quantitative estimate of drug-likeness (QED) is 0.871. The van der Waals surface area contributed by atoms with Crippen LogP contribution in [-0.2, 0) is 16.6 Å². The first-order valence-electron chi connectivity index (χ1n) is 5.00. The summed E-state index contributed by atoms with van der Waals surface area (Å²) < 4.78 is 61.8. The van der Waals surface area contributed by atoms with Crippen molar-refractivity contribution in [3.63, 3.8) is 0 Å². The van der Waals surface area contributed by atoms with Gasteiger partial charge in [-0.2, -0.15) is 13.2 Å². The minimum atomic E-state index is -4.40. The van der Waals surface area contributed by atoms with Crippen LogP contribution in [0.25, 0.3) is 0 Å². The zero-order chi connectivity index (χ0) is 14.0. The van der Waals surface area contributed by atoms with Gasteiger partial charge >= 0.3 is 6.18 Å². The molecule has 0 aliphatic carbocycles. The number of alkyl halides is 3. The molecular formula is C9H13F3N2O2S2. The van der Waals surface area contributed by atoms with E-state index in [0.29, 0.717) is 4.88 Å². The van der Waals surface area contributed by atoms with Crippen molar-refractivity contribution in [2.45, 2.75) is 37.0 Å². The van der Waals surface area contributed by atoms with E-state index in [2.05, 4.69) is 0 Å². The molecule has 1 rings (SSSR count). The zero-order valence-corrected chi connectivity index (χ0v) is 11.1. The molecule has 104 valence electrons. The lowest BCUT2D eigenvalue weighted by Crippen LogP contribution is -2.35. The second-order valence-electron chi connectivity index (χ2n) is 3.79. The SMILES string of the molecule is CC(CC(F)(F)F)NS(=O)(=O)c1csc(CN)c1. The molecule has 4 nitrogen and oxygen atoms in total. The predicted molar refractivity (Wildman–Crippen MR) is 62.7 cm³/mol. The summed E-state index contributed by atoms with van der Waals surface area (Å²) in [6.07, 6.45) is -5.61. The van der Waals surface area contributed by atoms with Gasteiger partial charge in [0.1, 0.15) is 0 Å². The maximum atomic E-state index is 12.1. The largest absolute Gasteiger partial charge is 0.390 e. The molecule has 3 N–H and O–H groups in total. The Morgan fingerprint density at radius 2 is 2.11 bits per heavy atom. The van der Waals surface area contributed by atoms with Crippen LogP contribution in [0.15, 0.2) is 16.3 Å². The molecule has 0 aromatic carbocycles. The van der Waals surface area contributed by atoms with Gasteiger partial charge in [-0.05, 0) is 13.0 Å². The molecule has 0 fully saturated rings. The van der Waals surface area contributed by atoms with E-state index in [9.17, 15) is 21.6 Å². The van der Waals surface area contributed by atoms with E-state index in [0.717, 1.165) is 11.3 Å². The zero-order valence-electron chi connectivity index (χ0n) is 9.49. The number of sulfonamides is 1. The van der Waals surface area contributed by atoms with Crippen molar-refractivity contribution in [3.8, 4) is 0 Å². The van der Waals surface area contributed by atoms with E-state index < -0.39 is 28.7 Å². The average Bonchev–Trinajstić information content (AvgIpc) is 2.61. The van der Waals surface area contributed by atoms with Gasteiger partial charge in [-0.1, -0.05) is 0 Å². The molecule has 0 amide bonds. The normalized spacial score (nSPS) is 14.7. The van der Waals surface area contributed by atoms with Gasteiger partial charge in [0.15, 0.2) is 0 Å². The molecule has 1 aromatic heterocycles. The fraction of sp³-hybridized carbons (Fsp3) is 0.556. The van der Waals surface area contributed by atoms with Crippen LogP contribution in [0.3, 0.4) is 0 Å². The monoisotopic (exact) mass is 302 g/mol. The lowest BCUT2D eigenvalue weighted by Gasteiger charge is -2.15. The van der Waals surface area contributed by atoms with E-state index in [-0.39, 0.29) is 11.4 Å². The van der Waals surface area contributed by atoms with Crippen molar-refractivity contribution >= 4 is 21.4 Å². The number of hydrogen-bond acceptors (Lipinski definition) is 4. The molecule has 0 bridgehead atoms. The fourth-order valence-electron chi connectivity index (χ4n) is 1.33. The highest BCUT2D eigenvalue weighted by atomic mass is 32.2. The van der Waals surface area contributed by atoms with Crippen LogP contribution >= 0.6 is 11.3 Å². The first-order chi connectivity index (χ1) is 8.14. The topological polar surface area (TPSA) is 72.2 Å². The lowest BCUT2D eigenvalue weighted by atomic mass is 10.2. The van der Waals surface area contributed by atoms with Gasteiger partial charge in [-0.3, -0.25) is 0 Å². The Kier molecular flexibility index (Phi) is 4.76. The Labute approximate surface area is 107 Å². The number of nitrogens with two attached hydrogens (primary N) is 1. The summed E-state index contributed by atoms with van der Waals surface area (Å²) in [5, 5.41) is 1.35. The van der Waals surface area contributed by atoms with E-state index in [4.69, 9.17) is 5.73 Å². The second kappa shape index (κ2) is 5.55. The summed E-state index contributed by atoms with van der Waals surface area (Å²) in [6, 6.07) is 0.143. The summed E-state index contributed by atoms with van der Waals surface area (Å²) in [5.41, 5.74) is 5.34. The third-order valence-corrected chi connectivity index (χ3v) is 4.71. The van der Waals surface area contributed by atoms with E-state index >= 15 is 0 Å². The van der Waals surface area contributed by atoms with Crippen LogP contribution < -0.4 is 10.5 Å². The van der Waals surface area contributed by atoms with Gasteiger partial charge < -0.3 is 5.73 Å². The molecule has 18 heavy (non-hydrogen) atoms. The molecule has 1 heterocycles. The minimum absolute atomic E-state index is 0.0537. The summed E-state index contributed by atoms with van der Waals surface area (Å²) in [6.45, 7) is 1.36. The Morgan fingerprint density at radius 1 is 1.50 bits per heavy atom. The molecule has 0 radical (unpaired) electrons. The number of rotatable bonds is 5. The van der Waals surface area contributed by atoms with E-state index in [1.165, 1.54) is 18.4 Å². The highest BCUT2D eigenvalue weighted by Gasteiger charge is 2.32. The molecule has 1 atom stereocenters. The second-order valence-corrected chi connectivity index (χ2v) is 6.50. The third kappa shape index (κ3) is 4.56. The lowest BCUT2D eigenvalue weighted by molar-refractivity contribution is -0.137. The van der Waals surface area contributed by atoms with E-state index in [1.807, 2.05) is 4.72 Å². The third-order valence-electron chi connectivity index (χ3n) is 2.04. The molecule has 0 aliphatic rings. The van der Waals surface area contributed by atoms with Crippen molar-refractivity contribution in [1.82, 2.24) is 4.72 Å². The Bertz CT molecular complexity index is 496. The fourth-order valence-corrected chi connectivity index (χ4v) is 3.73. The number of hydrogen-bond donors (Lipinski definition) is 2. The molecule has 1 unspecified atom stereocenters. The van der Waals surface area contributed by atoms with Crippen LogP contribution in [0.2, 0.25) is 0 Å². The Morgan fingerprint density at radius 3 is 2.56 bits per heavy atom. The Balaban J connectivity index is 2.76. The number of nitrogens with one attached hydrogen (secondary N) is 1. The van der Waals surface area contributed by atoms with Crippen molar-refractivity contribution in [2.24, 2.45) is 5.73 Å². The summed E-state index contributed by atoms with van der Waals surface area (Å²) in [4.78, 5) is 0.598. The van der Waals surface area contributed by atoms with Gasteiger partial charge in [0.2, 0.25) is 10.0 Å². The van der Waals surface area contributed by atoms with E-state index in [1.54, 1.807) is 0 Å². The minimum Gasteiger partial charge on any atom is -0.326 e. The molecule has 0 saturated carbocycles. The van der Waals surface area contributed by atoms with Crippen molar-refractivity contribution in [2.75, 3.05) is 0 Å². The number of halogens is 3. The summed E-state index contributed by atoms with van der Waals surface area (Å²) in [5.74, 6) is 0. The number of thiophene rings is 1. The smallest absolute Gasteiger partial charge is 0.326 e. The average molecular weight is 302 g/mol. The van der Waals surface area contributed by atoms with Gasteiger partial charge in [-0.25, -0.2) is 13.1 Å². The van der Waals surface area contributed by atoms with Crippen LogP contribution in [0.1, 0.15) is 18.2 Å². The first-order valence-corrected chi connectivity index (χ1v) is 7.37. The molecule has 0 saturated heterocycles. The highest BCUT2D eigenvalue weighted by molar-refractivity contribution is 7.89. The highest BCUT2D eigenvalue weighted by Crippen LogP contribution is 2.23. The van der Waals surface area contributed by atoms with Gasteiger partial charge in [0.05, 0.1) is 11.3 Å². The maximum absolute atomic E-state index is 12.1. The molecular weight excluding hydrogens is 289 g/mol. The predicted octanol–water partition coefficient (Wildman–Crippen LogP) is 1.83. The molecule has 0 aliphatic heterocycles. The van der Waals surface area contributed by atoms with Crippen molar-refractivity contribution in [1.29, 1.82) is 0 Å². The molecule has 1 aromatic rings. The van der Waals surface area contributed by atoms with Gasteiger partial charge in [0, 0.05) is 22.8 Å². The van der Waals surface area contributed by atoms with Crippen molar-refractivity contribution in [3.05, 3.63) is 16.3 Å². The van der Waals surface area contributed by atoms with Gasteiger partial charge in [-0.15, -0.1) is 11.3 Å². The summed E-state index contributed by atoms with van der Waals surface area (Å²) >= 11 is 1.15. The summed E-state index contributed by atoms with van der Waals surface area (Å²) in [7, 11) is -3.92. The molecule has 0 spiro atoms. The van der Waals surface area contributed by atoms with Crippen LogP contribution in [0, 0.1) is 0 Å². The standard InChI is InChI=1S/C9H13F3N2O2S2/c1-6(3-9(10,11)12)14-18(15,16)8-2-7(4-13)17-5-8/h2,5-6,14H,3-4,13H2,1H3. The van der Waals surface area contributed by atoms with Crippen molar-refractivity contribution < 1.29 is 21.6 Å². The van der Waals surface area contributed by atoms with Crippen LogP contribution in [-0.4, -0.2) is 20.6 Å². The van der Waals surface area contributed by atoms with Crippen LogP contribution in [0.5, 0.6) is 0 Å². The maximum Gasteiger partial charge on any atom is 0.390 e. The van der Waals surface area contributed by atoms with Gasteiger partial charge in [0.25, 0.3) is 0 Å². The Hall–Kier alpha value is -0.640. The first kappa shape index (κ1) is 15.4.